The first-order valence-corrected chi connectivity index (χ1v) is 4.76. The van der Waals surface area contributed by atoms with Crippen LogP contribution in [0.25, 0.3) is 0 Å². The van der Waals surface area contributed by atoms with E-state index in [4.69, 9.17) is 4.74 Å². The highest BCUT2D eigenvalue weighted by atomic mass is 16.5. The minimum absolute atomic E-state index is 0.0485. The van der Waals surface area contributed by atoms with Gasteiger partial charge in [-0.3, -0.25) is 4.79 Å². The van der Waals surface area contributed by atoms with Crippen LogP contribution >= 0.6 is 0 Å². The maximum Gasteiger partial charge on any atom is 0.293 e. The van der Waals surface area contributed by atoms with Crippen LogP contribution in [0.2, 0.25) is 0 Å². The molecule has 0 N–H and O–H groups in total. The predicted molar refractivity (Wildman–Crippen MR) is 49.8 cm³/mol. The van der Waals surface area contributed by atoms with Gasteiger partial charge in [0.1, 0.15) is 6.10 Å². The molecule has 0 rings (SSSR count). The van der Waals surface area contributed by atoms with Crippen LogP contribution in [0.4, 0.5) is 0 Å². The molecule has 0 fully saturated rings. The molecule has 2 nitrogen and oxygen atoms in total. The Morgan fingerprint density at radius 1 is 1.25 bits per heavy atom. The van der Waals surface area contributed by atoms with E-state index in [1.165, 1.54) is 0 Å². The zero-order chi connectivity index (χ0) is 9.56. The highest BCUT2D eigenvalue weighted by molar-refractivity contribution is 5.37. The lowest BCUT2D eigenvalue weighted by molar-refractivity contribution is -0.135. The van der Waals surface area contributed by atoms with Gasteiger partial charge in [0, 0.05) is 0 Å². The van der Waals surface area contributed by atoms with Gasteiger partial charge in [0.25, 0.3) is 6.47 Å². The summed E-state index contributed by atoms with van der Waals surface area (Å²) in [6, 6.07) is 0. The number of carbonyl (C=O) groups is 1. The smallest absolute Gasteiger partial charge is 0.293 e. The van der Waals surface area contributed by atoms with E-state index in [1.807, 2.05) is 6.92 Å². The van der Waals surface area contributed by atoms with Crippen LogP contribution in [0.1, 0.15) is 40.5 Å². The lowest BCUT2D eigenvalue weighted by Crippen LogP contribution is -2.24. The molecule has 0 aromatic heterocycles. The van der Waals surface area contributed by atoms with Crippen molar-refractivity contribution in [1.29, 1.82) is 0 Å². The molecule has 0 heterocycles. The number of rotatable bonds is 6. The first-order valence-electron chi connectivity index (χ1n) is 4.76. The van der Waals surface area contributed by atoms with E-state index in [-0.39, 0.29) is 6.10 Å². The molecule has 0 aliphatic heterocycles. The first kappa shape index (κ1) is 11.5. The molecule has 0 aromatic rings. The first-order chi connectivity index (χ1) is 5.67. The monoisotopic (exact) mass is 172 g/mol. The van der Waals surface area contributed by atoms with Crippen LogP contribution in [-0.2, 0) is 9.53 Å². The second-order valence-electron chi connectivity index (χ2n) is 3.37. The summed E-state index contributed by atoms with van der Waals surface area (Å²) in [5.74, 6) is 1.13. The molecule has 72 valence electrons. The van der Waals surface area contributed by atoms with Gasteiger partial charge in [-0.05, 0) is 18.8 Å². The number of carbonyl (C=O) groups excluding carboxylic acids is 1. The SMILES string of the molecule is CCC(CC)C(C)C(C)OC=O. The topological polar surface area (TPSA) is 26.3 Å². The second kappa shape index (κ2) is 6.04. The van der Waals surface area contributed by atoms with Gasteiger partial charge in [-0.15, -0.1) is 0 Å². The van der Waals surface area contributed by atoms with Crippen molar-refractivity contribution in [2.24, 2.45) is 11.8 Å². The fourth-order valence-electron chi connectivity index (χ4n) is 1.63. The maximum absolute atomic E-state index is 10.1. The van der Waals surface area contributed by atoms with Gasteiger partial charge < -0.3 is 4.74 Å². The normalized spacial score (nSPS) is 15.8. The summed E-state index contributed by atoms with van der Waals surface area (Å²) in [7, 11) is 0. The summed E-state index contributed by atoms with van der Waals surface area (Å²) in [6.45, 7) is 9.00. The van der Waals surface area contributed by atoms with Gasteiger partial charge in [0.2, 0.25) is 0 Å². The molecular formula is C10H20O2. The van der Waals surface area contributed by atoms with E-state index in [9.17, 15) is 4.79 Å². The predicted octanol–water partition coefficient (Wildman–Crippen LogP) is 2.62. The van der Waals surface area contributed by atoms with Crippen LogP contribution in [-0.4, -0.2) is 12.6 Å². The van der Waals surface area contributed by atoms with Crippen LogP contribution in [0.15, 0.2) is 0 Å². The molecule has 2 unspecified atom stereocenters. The highest BCUT2D eigenvalue weighted by Gasteiger charge is 2.20. The Hall–Kier alpha value is -0.530. The minimum Gasteiger partial charge on any atom is -0.465 e. The summed E-state index contributed by atoms with van der Waals surface area (Å²) < 4.78 is 4.91. The van der Waals surface area contributed by atoms with Crippen LogP contribution < -0.4 is 0 Å². The Labute approximate surface area is 75.3 Å². The summed E-state index contributed by atoms with van der Waals surface area (Å²) >= 11 is 0. The molecule has 0 aromatic carbocycles. The Morgan fingerprint density at radius 2 is 1.75 bits per heavy atom. The summed E-state index contributed by atoms with van der Waals surface area (Å²) in [4.78, 5) is 10.1. The molecular weight excluding hydrogens is 152 g/mol. The van der Waals surface area contributed by atoms with Crippen molar-refractivity contribution in [2.45, 2.75) is 46.6 Å². The van der Waals surface area contributed by atoms with Crippen molar-refractivity contribution in [3.63, 3.8) is 0 Å². The average Bonchev–Trinajstić information content (AvgIpc) is 2.07. The lowest BCUT2D eigenvalue weighted by Gasteiger charge is -2.25. The molecule has 0 aliphatic rings. The molecule has 0 spiro atoms. The molecule has 0 saturated heterocycles. The molecule has 2 heteroatoms. The average molecular weight is 172 g/mol. The van der Waals surface area contributed by atoms with Crippen molar-refractivity contribution in [3.8, 4) is 0 Å². The van der Waals surface area contributed by atoms with Gasteiger partial charge in [-0.1, -0.05) is 33.6 Å². The van der Waals surface area contributed by atoms with Gasteiger partial charge in [0.05, 0.1) is 0 Å². The van der Waals surface area contributed by atoms with E-state index in [0.717, 1.165) is 12.8 Å². The zero-order valence-electron chi connectivity index (χ0n) is 8.54. The molecule has 0 saturated carbocycles. The van der Waals surface area contributed by atoms with Crippen molar-refractivity contribution in [3.05, 3.63) is 0 Å². The van der Waals surface area contributed by atoms with Crippen molar-refractivity contribution in [1.82, 2.24) is 0 Å². The van der Waals surface area contributed by atoms with Gasteiger partial charge in [-0.2, -0.15) is 0 Å². The van der Waals surface area contributed by atoms with Crippen molar-refractivity contribution < 1.29 is 9.53 Å². The second-order valence-corrected chi connectivity index (χ2v) is 3.37. The van der Waals surface area contributed by atoms with Gasteiger partial charge >= 0.3 is 0 Å². The molecule has 0 aliphatic carbocycles. The molecule has 2 atom stereocenters. The molecule has 0 radical (unpaired) electrons. The Balaban J connectivity index is 3.95. The standard InChI is InChI=1S/C10H20O2/c1-5-10(6-2)8(3)9(4)12-7-11/h7-10H,5-6H2,1-4H3. The van der Waals surface area contributed by atoms with Gasteiger partial charge in [0.15, 0.2) is 0 Å². The van der Waals surface area contributed by atoms with E-state index in [0.29, 0.717) is 18.3 Å². The van der Waals surface area contributed by atoms with E-state index >= 15 is 0 Å². The number of hydrogen-bond donors (Lipinski definition) is 0. The Morgan fingerprint density at radius 3 is 2.08 bits per heavy atom. The van der Waals surface area contributed by atoms with Crippen LogP contribution in [0.5, 0.6) is 0 Å². The minimum atomic E-state index is 0.0485. The zero-order valence-corrected chi connectivity index (χ0v) is 8.54. The van der Waals surface area contributed by atoms with Gasteiger partial charge in [-0.25, -0.2) is 0 Å². The third-order valence-electron chi connectivity index (χ3n) is 2.80. The highest BCUT2D eigenvalue weighted by Crippen LogP contribution is 2.23. The van der Waals surface area contributed by atoms with E-state index in [2.05, 4.69) is 20.8 Å². The van der Waals surface area contributed by atoms with Crippen molar-refractivity contribution in [2.75, 3.05) is 0 Å². The summed E-state index contributed by atoms with van der Waals surface area (Å²) in [5, 5.41) is 0. The largest absolute Gasteiger partial charge is 0.465 e. The van der Waals surface area contributed by atoms with Crippen LogP contribution in [0, 0.1) is 11.8 Å². The molecule has 0 amide bonds. The fraction of sp³-hybridized carbons (Fsp3) is 0.900. The van der Waals surface area contributed by atoms with E-state index in [1.54, 1.807) is 0 Å². The number of hydrogen-bond acceptors (Lipinski definition) is 2. The van der Waals surface area contributed by atoms with Crippen LogP contribution in [0.3, 0.4) is 0 Å². The third kappa shape index (κ3) is 3.24. The maximum atomic E-state index is 10.1. The quantitative estimate of drug-likeness (QED) is 0.576. The Kier molecular flexibility index (Phi) is 5.77. The number of ether oxygens (including phenoxy) is 1. The Bertz CT molecular complexity index is 119. The summed E-state index contributed by atoms with van der Waals surface area (Å²) in [5.41, 5.74) is 0. The third-order valence-corrected chi connectivity index (χ3v) is 2.80. The fourth-order valence-corrected chi connectivity index (χ4v) is 1.63. The summed E-state index contributed by atoms with van der Waals surface area (Å²) in [6.07, 6.45) is 2.36. The molecule has 0 bridgehead atoms. The van der Waals surface area contributed by atoms with E-state index < -0.39 is 0 Å². The lowest BCUT2D eigenvalue weighted by atomic mass is 9.86. The molecule has 12 heavy (non-hydrogen) atoms. The van der Waals surface area contributed by atoms with Crippen molar-refractivity contribution >= 4 is 6.47 Å².